The molecule has 5 nitrogen and oxygen atoms in total. The quantitative estimate of drug-likeness (QED) is 0.584. The smallest absolute Gasteiger partial charge is 0.324 e. The second-order valence-electron chi connectivity index (χ2n) is 5.44. The van der Waals surface area contributed by atoms with Gasteiger partial charge in [0, 0.05) is 12.3 Å². The number of hydrogen-bond donors (Lipinski definition) is 1. The number of aromatic nitrogens is 4. The highest BCUT2D eigenvalue weighted by atomic mass is 19.1. The van der Waals surface area contributed by atoms with Crippen molar-refractivity contribution >= 4 is 23.2 Å². The van der Waals surface area contributed by atoms with Gasteiger partial charge < -0.3 is 4.74 Å². The predicted molar refractivity (Wildman–Crippen MR) is 93.5 cm³/mol. The highest BCUT2D eigenvalue weighted by Crippen LogP contribution is 2.24. The third-order valence-corrected chi connectivity index (χ3v) is 3.65. The maximum absolute atomic E-state index is 13.7. The van der Waals surface area contributed by atoms with Crippen LogP contribution in [0, 0.1) is 11.6 Å². The van der Waals surface area contributed by atoms with Crippen molar-refractivity contribution in [2.45, 2.75) is 0 Å². The Balaban J connectivity index is 1.60. The van der Waals surface area contributed by atoms with E-state index in [1.165, 1.54) is 12.3 Å². The summed E-state index contributed by atoms with van der Waals surface area (Å²) >= 11 is 0. The van der Waals surface area contributed by atoms with Crippen LogP contribution in [0.25, 0.3) is 23.2 Å². The molecule has 7 heteroatoms. The zero-order valence-corrected chi connectivity index (χ0v) is 13.4. The maximum Gasteiger partial charge on any atom is 0.324 e. The van der Waals surface area contributed by atoms with Crippen molar-refractivity contribution in [3.8, 4) is 11.8 Å². The number of nitrogens with zero attached hydrogens (tertiary/aromatic N) is 3. The molecule has 2 aromatic carbocycles. The van der Waals surface area contributed by atoms with Crippen molar-refractivity contribution in [3.05, 3.63) is 77.6 Å². The average molecular weight is 350 g/mol. The summed E-state index contributed by atoms with van der Waals surface area (Å²) in [5.41, 5.74) is 2.16. The topological polar surface area (TPSA) is 63.7 Å². The SMILES string of the molecule is Fc1ccc(Oc2ncc3c(/C=C/c4ccccc4)n[nH]c3n2)c(F)c1. The fraction of sp³-hybridized carbons (Fsp3) is 0. The molecule has 0 spiro atoms. The van der Waals surface area contributed by atoms with E-state index in [2.05, 4.69) is 20.2 Å². The molecule has 1 N–H and O–H groups in total. The Labute approximate surface area is 147 Å². The van der Waals surface area contributed by atoms with Gasteiger partial charge >= 0.3 is 6.01 Å². The standard InChI is InChI=1S/C19H12F2N4O/c20-13-7-9-17(15(21)10-13)26-19-22-11-14-16(24-25-18(14)23-19)8-6-12-4-2-1-3-5-12/h1-11H,(H,22,23,24,25)/b8-6+. The Morgan fingerprint density at radius 3 is 2.65 bits per heavy atom. The van der Waals surface area contributed by atoms with Gasteiger partial charge in [-0.25, -0.2) is 13.8 Å². The van der Waals surface area contributed by atoms with Gasteiger partial charge in [-0.1, -0.05) is 36.4 Å². The monoisotopic (exact) mass is 350 g/mol. The van der Waals surface area contributed by atoms with E-state index in [1.807, 2.05) is 42.5 Å². The summed E-state index contributed by atoms with van der Waals surface area (Å²) in [5.74, 6) is -1.67. The molecule has 26 heavy (non-hydrogen) atoms. The van der Waals surface area contributed by atoms with Gasteiger partial charge in [-0.05, 0) is 23.8 Å². The van der Waals surface area contributed by atoms with Gasteiger partial charge in [0.1, 0.15) is 5.82 Å². The van der Waals surface area contributed by atoms with E-state index in [0.29, 0.717) is 16.7 Å². The number of ether oxygens (including phenoxy) is 1. The first-order chi connectivity index (χ1) is 12.7. The lowest BCUT2D eigenvalue weighted by molar-refractivity contribution is 0.409. The number of H-pyrrole nitrogens is 1. The number of hydrogen-bond acceptors (Lipinski definition) is 4. The minimum Gasteiger partial charge on any atom is -0.421 e. The summed E-state index contributed by atoms with van der Waals surface area (Å²) in [6.45, 7) is 0. The molecule has 4 aromatic rings. The zero-order valence-electron chi connectivity index (χ0n) is 13.4. The lowest BCUT2D eigenvalue weighted by atomic mass is 10.2. The van der Waals surface area contributed by atoms with E-state index in [0.717, 1.165) is 17.7 Å². The molecule has 0 aliphatic rings. The zero-order chi connectivity index (χ0) is 17.9. The molecule has 0 unspecified atom stereocenters. The second-order valence-corrected chi connectivity index (χ2v) is 5.44. The maximum atomic E-state index is 13.7. The molecule has 4 rings (SSSR count). The second kappa shape index (κ2) is 6.72. The van der Waals surface area contributed by atoms with Crippen LogP contribution in [0.4, 0.5) is 8.78 Å². The van der Waals surface area contributed by atoms with Crippen molar-refractivity contribution in [3.63, 3.8) is 0 Å². The molecule has 0 amide bonds. The van der Waals surface area contributed by atoms with E-state index >= 15 is 0 Å². The van der Waals surface area contributed by atoms with Crippen LogP contribution in [0.2, 0.25) is 0 Å². The molecule has 0 bridgehead atoms. The van der Waals surface area contributed by atoms with Crippen LogP contribution in [0.1, 0.15) is 11.3 Å². The third-order valence-electron chi connectivity index (χ3n) is 3.65. The first-order valence-electron chi connectivity index (χ1n) is 7.76. The summed E-state index contributed by atoms with van der Waals surface area (Å²) in [4.78, 5) is 8.23. The van der Waals surface area contributed by atoms with Crippen molar-refractivity contribution < 1.29 is 13.5 Å². The van der Waals surface area contributed by atoms with Crippen LogP contribution >= 0.6 is 0 Å². The van der Waals surface area contributed by atoms with Crippen LogP contribution in [-0.2, 0) is 0 Å². The van der Waals surface area contributed by atoms with E-state index < -0.39 is 11.6 Å². The molecule has 2 aromatic heterocycles. The minimum absolute atomic E-state index is 0.0646. The Bertz CT molecular complexity index is 1090. The van der Waals surface area contributed by atoms with E-state index in [9.17, 15) is 8.78 Å². The fourth-order valence-electron chi connectivity index (χ4n) is 2.38. The first-order valence-corrected chi connectivity index (χ1v) is 7.76. The van der Waals surface area contributed by atoms with Gasteiger partial charge in [-0.3, -0.25) is 5.10 Å². The molecule has 0 saturated carbocycles. The molecular formula is C19H12F2N4O. The average Bonchev–Trinajstić information content (AvgIpc) is 3.05. The fourth-order valence-corrected chi connectivity index (χ4v) is 2.38. The number of halogens is 2. The molecular weight excluding hydrogens is 338 g/mol. The van der Waals surface area contributed by atoms with Crippen molar-refractivity contribution in [2.24, 2.45) is 0 Å². The number of fused-ring (bicyclic) bond motifs is 1. The minimum atomic E-state index is -0.829. The van der Waals surface area contributed by atoms with Gasteiger partial charge in [0.2, 0.25) is 0 Å². The lowest BCUT2D eigenvalue weighted by Gasteiger charge is -2.04. The van der Waals surface area contributed by atoms with E-state index in [4.69, 9.17) is 4.74 Å². The molecule has 0 fully saturated rings. The van der Waals surface area contributed by atoms with E-state index in [1.54, 1.807) is 0 Å². The number of rotatable bonds is 4. The van der Waals surface area contributed by atoms with Crippen LogP contribution in [-0.4, -0.2) is 20.2 Å². The van der Waals surface area contributed by atoms with Crippen LogP contribution in [0.5, 0.6) is 11.8 Å². The highest BCUT2D eigenvalue weighted by Gasteiger charge is 2.11. The largest absolute Gasteiger partial charge is 0.421 e. The summed E-state index contributed by atoms with van der Waals surface area (Å²) in [7, 11) is 0. The summed E-state index contributed by atoms with van der Waals surface area (Å²) in [5, 5.41) is 7.68. The van der Waals surface area contributed by atoms with Gasteiger partial charge in [-0.2, -0.15) is 10.1 Å². The lowest BCUT2D eigenvalue weighted by Crippen LogP contribution is -1.94. The van der Waals surface area contributed by atoms with Crippen molar-refractivity contribution in [1.29, 1.82) is 0 Å². The van der Waals surface area contributed by atoms with Gasteiger partial charge in [-0.15, -0.1) is 0 Å². The van der Waals surface area contributed by atoms with E-state index in [-0.39, 0.29) is 11.8 Å². The van der Waals surface area contributed by atoms with Gasteiger partial charge in [0.05, 0.1) is 11.1 Å². The molecule has 0 aliphatic carbocycles. The van der Waals surface area contributed by atoms with Gasteiger partial charge in [0.25, 0.3) is 0 Å². The Kier molecular flexibility index (Phi) is 4.10. The first kappa shape index (κ1) is 15.9. The molecule has 0 radical (unpaired) electrons. The Morgan fingerprint density at radius 1 is 1.00 bits per heavy atom. The highest BCUT2D eigenvalue weighted by molar-refractivity contribution is 5.86. The Morgan fingerprint density at radius 2 is 1.85 bits per heavy atom. The van der Waals surface area contributed by atoms with Crippen LogP contribution < -0.4 is 4.74 Å². The van der Waals surface area contributed by atoms with Gasteiger partial charge in [0.15, 0.2) is 17.2 Å². The Hall–Kier alpha value is -3.61. The van der Waals surface area contributed by atoms with Crippen molar-refractivity contribution in [2.75, 3.05) is 0 Å². The normalized spacial score (nSPS) is 11.3. The van der Waals surface area contributed by atoms with Crippen LogP contribution in [0.3, 0.4) is 0 Å². The summed E-state index contributed by atoms with van der Waals surface area (Å²) < 4.78 is 31.9. The molecule has 0 aliphatic heterocycles. The number of aromatic amines is 1. The predicted octanol–water partition coefficient (Wildman–Crippen LogP) is 4.59. The summed E-state index contributed by atoms with van der Waals surface area (Å²) in [6.07, 6.45) is 5.30. The van der Waals surface area contributed by atoms with Crippen molar-refractivity contribution in [1.82, 2.24) is 20.2 Å². The molecule has 0 saturated heterocycles. The molecule has 0 atom stereocenters. The third kappa shape index (κ3) is 3.27. The molecule has 2 heterocycles. The molecule has 128 valence electrons. The van der Waals surface area contributed by atoms with Crippen LogP contribution in [0.15, 0.2) is 54.7 Å². The number of nitrogens with one attached hydrogen (secondary N) is 1. The summed E-state index contributed by atoms with van der Waals surface area (Å²) in [6, 6.07) is 12.7. The number of benzene rings is 2.